The fourth-order valence-corrected chi connectivity index (χ4v) is 3.74. The van der Waals surface area contributed by atoms with E-state index in [1.165, 1.54) is 23.5 Å². The molecule has 0 fully saturated rings. The van der Waals surface area contributed by atoms with Crippen molar-refractivity contribution in [2.75, 3.05) is 26.1 Å². The first-order valence-corrected chi connectivity index (χ1v) is 10.2. The Balaban J connectivity index is 1.55. The Kier molecular flexibility index (Phi) is 7.15. The first kappa shape index (κ1) is 21.5. The van der Waals surface area contributed by atoms with Gasteiger partial charge in [-0.05, 0) is 30.3 Å². The van der Waals surface area contributed by atoms with Crippen molar-refractivity contribution in [3.8, 4) is 22.8 Å². The van der Waals surface area contributed by atoms with E-state index < -0.39 is 4.92 Å². The van der Waals surface area contributed by atoms with Crippen molar-refractivity contribution in [1.29, 1.82) is 0 Å². The van der Waals surface area contributed by atoms with E-state index in [1.807, 2.05) is 23.6 Å². The van der Waals surface area contributed by atoms with Crippen molar-refractivity contribution in [3.63, 3.8) is 0 Å². The summed E-state index contributed by atoms with van der Waals surface area (Å²) < 4.78 is 10.6. The molecule has 1 heterocycles. The highest BCUT2D eigenvalue weighted by molar-refractivity contribution is 7.80. The third-order valence-corrected chi connectivity index (χ3v) is 5.26. The summed E-state index contributed by atoms with van der Waals surface area (Å²) in [5.41, 5.74) is 2.40. The molecule has 0 saturated heterocycles. The third-order valence-electron chi connectivity index (χ3n) is 4.25. The van der Waals surface area contributed by atoms with Crippen molar-refractivity contribution in [2.45, 2.75) is 6.42 Å². The van der Waals surface area contributed by atoms with Crippen LogP contribution in [0.1, 0.15) is 5.56 Å². The smallest absolute Gasteiger partial charge is 0.270 e. The molecule has 3 aromatic rings. The summed E-state index contributed by atoms with van der Waals surface area (Å²) in [7, 11) is 3.24. The molecule has 0 aliphatic rings. The van der Waals surface area contributed by atoms with Crippen LogP contribution in [0.25, 0.3) is 11.3 Å². The number of aromatic nitrogens is 1. The van der Waals surface area contributed by atoms with E-state index in [0.717, 1.165) is 17.1 Å². The number of hydrogen-bond donors (Lipinski definition) is 2. The van der Waals surface area contributed by atoms with Gasteiger partial charge in [-0.2, -0.15) is 0 Å². The van der Waals surface area contributed by atoms with Crippen LogP contribution in [-0.2, 0) is 6.42 Å². The van der Waals surface area contributed by atoms with Gasteiger partial charge in [0, 0.05) is 35.7 Å². The van der Waals surface area contributed by atoms with E-state index in [2.05, 4.69) is 15.6 Å². The Morgan fingerprint density at radius 3 is 2.80 bits per heavy atom. The molecule has 0 unspecified atom stereocenters. The van der Waals surface area contributed by atoms with Gasteiger partial charge < -0.3 is 20.1 Å². The lowest BCUT2D eigenvalue weighted by atomic mass is 10.1. The van der Waals surface area contributed by atoms with Gasteiger partial charge in [0.2, 0.25) is 0 Å². The minimum atomic E-state index is -0.425. The monoisotopic (exact) mass is 444 g/mol. The molecule has 2 aromatic carbocycles. The maximum atomic E-state index is 10.9. The molecule has 2 N–H and O–H groups in total. The first-order valence-electron chi connectivity index (χ1n) is 8.96. The summed E-state index contributed by atoms with van der Waals surface area (Å²) in [4.78, 5) is 15.0. The fraction of sp³-hybridized carbons (Fsp3) is 0.200. The largest absolute Gasteiger partial charge is 0.497 e. The Bertz CT molecular complexity index is 1050. The minimum absolute atomic E-state index is 0.0288. The summed E-state index contributed by atoms with van der Waals surface area (Å²) >= 11 is 6.71. The molecular formula is C20H20N4O4S2. The molecule has 30 heavy (non-hydrogen) atoms. The number of thiazole rings is 1. The van der Waals surface area contributed by atoms with E-state index in [1.54, 1.807) is 26.4 Å². The van der Waals surface area contributed by atoms with Crippen LogP contribution >= 0.6 is 23.6 Å². The SMILES string of the molecule is COc1ccc(CCNC(=S)Nc2nc(-c3cccc([N+](=O)[O-])c3)cs2)c(OC)c1. The van der Waals surface area contributed by atoms with Crippen molar-refractivity contribution in [3.05, 3.63) is 63.5 Å². The molecule has 1 aromatic heterocycles. The standard InChI is InChI=1S/C20H20N4O4S2/c1-27-16-7-6-13(18(11-16)28-2)8-9-21-19(29)23-20-22-17(12-30-20)14-4-3-5-15(10-14)24(25)26/h3-7,10-12H,8-9H2,1-2H3,(H2,21,22,23,29). The quantitative estimate of drug-likeness (QED) is 0.302. The zero-order valence-corrected chi connectivity index (χ0v) is 18.0. The topological polar surface area (TPSA) is 98.5 Å². The van der Waals surface area contributed by atoms with Crippen LogP contribution < -0.4 is 20.1 Å². The van der Waals surface area contributed by atoms with Gasteiger partial charge in [-0.3, -0.25) is 10.1 Å². The molecule has 0 atom stereocenters. The number of rotatable bonds is 8. The molecule has 10 heteroatoms. The summed E-state index contributed by atoms with van der Waals surface area (Å²) in [5.74, 6) is 1.50. The summed E-state index contributed by atoms with van der Waals surface area (Å²) in [6.45, 7) is 0.609. The summed E-state index contributed by atoms with van der Waals surface area (Å²) in [6.07, 6.45) is 0.714. The number of ether oxygens (including phenoxy) is 2. The van der Waals surface area contributed by atoms with Crippen molar-refractivity contribution >= 4 is 39.5 Å². The molecule has 0 saturated carbocycles. The van der Waals surface area contributed by atoms with E-state index >= 15 is 0 Å². The summed E-state index contributed by atoms with van der Waals surface area (Å²) in [5, 5.41) is 20.0. The predicted molar refractivity (Wildman–Crippen MR) is 122 cm³/mol. The second kappa shape index (κ2) is 9.99. The highest BCUT2D eigenvalue weighted by Gasteiger charge is 2.11. The van der Waals surface area contributed by atoms with Gasteiger partial charge in [0.1, 0.15) is 11.5 Å². The Hall–Kier alpha value is -3.24. The zero-order chi connectivity index (χ0) is 21.5. The highest BCUT2D eigenvalue weighted by atomic mass is 32.1. The van der Waals surface area contributed by atoms with Crippen LogP contribution in [0.4, 0.5) is 10.8 Å². The Morgan fingerprint density at radius 2 is 2.07 bits per heavy atom. The number of nitrogens with zero attached hydrogens (tertiary/aromatic N) is 2. The van der Waals surface area contributed by atoms with Crippen molar-refractivity contribution in [1.82, 2.24) is 10.3 Å². The minimum Gasteiger partial charge on any atom is -0.497 e. The maximum absolute atomic E-state index is 10.9. The average molecular weight is 445 g/mol. The maximum Gasteiger partial charge on any atom is 0.270 e. The number of benzene rings is 2. The van der Waals surface area contributed by atoms with Gasteiger partial charge in [0.15, 0.2) is 10.2 Å². The van der Waals surface area contributed by atoms with Gasteiger partial charge in [-0.15, -0.1) is 11.3 Å². The first-order chi connectivity index (χ1) is 14.5. The number of nitro benzene ring substituents is 1. The van der Waals surface area contributed by atoms with Gasteiger partial charge >= 0.3 is 0 Å². The molecule has 0 amide bonds. The van der Waals surface area contributed by atoms with Gasteiger partial charge in [0.05, 0.1) is 24.8 Å². The zero-order valence-electron chi connectivity index (χ0n) is 16.4. The van der Waals surface area contributed by atoms with Gasteiger partial charge in [-0.1, -0.05) is 18.2 Å². The van der Waals surface area contributed by atoms with Gasteiger partial charge in [0.25, 0.3) is 5.69 Å². The lowest BCUT2D eigenvalue weighted by Gasteiger charge is -2.12. The average Bonchev–Trinajstić information content (AvgIpc) is 3.22. The van der Waals surface area contributed by atoms with Crippen LogP contribution in [0.15, 0.2) is 47.8 Å². The molecule has 0 radical (unpaired) electrons. The second-order valence-electron chi connectivity index (χ2n) is 6.15. The van der Waals surface area contributed by atoms with Crippen LogP contribution in [0.3, 0.4) is 0 Å². The summed E-state index contributed by atoms with van der Waals surface area (Å²) in [6, 6.07) is 12.1. The molecule has 0 spiro atoms. The highest BCUT2D eigenvalue weighted by Crippen LogP contribution is 2.27. The number of non-ortho nitro benzene ring substituents is 1. The van der Waals surface area contributed by atoms with Crippen molar-refractivity contribution < 1.29 is 14.4 Å². The fourth-order valence-electron chi connectivity index (χ4n) is 2.75. The van der Waals surface area contributed by atoms with Crippen LogP contribution in [-0.4, -0.2) is 35.8 Å². The van der Waals surface area contributed by atoms with E-state index in [4.69, 9.17) is 21.7 Å². The molecule has 3 rings (SSSR count). The molecule has 0 bridgehead atoms. The van der Waals surface area contributed by atoms with E-state index in [-0.39, 0.29) is 5.69 Å². The lowest BCUT2D eigenvalue weighted by molar-refractivity contribution is -0.384. The molecular weight excluding hydrogens is 424 g/mol. The van der Waals surface area contributed by atoms with Crippen LogP contribution in [0.5, 0.6) is 11.5 Å². The molecule has 156 valence electrons. The predicted octanol–water partition coefficient (Wildman–Crippen LogP) is 4.26. The number of thiocarbonyl (C=S) groups is 1. The number of nitro groups is 1. The Morgan fingerprint density at radius 1 is 1.23 bits per heavy atom. The van der Waals surface area contributed by atoms with Crippen LogP contribution in [0.2, 0.25) is 0 Å². The second-order valence-corrected chi connectivity index (χ2v) is 7.42. The van der Waals surface area contributed by atoms with Gasteiger partial charge in [-0.25, -0.2) is 4.98 Å². The Labute approximate surface area is 183 Å². The third kappa shape index (κ3) is 5.43. The lowest BCUT2D eigenvalue weighted by Crippen LogP contribution is -2.30. The molecule has 0 aliphatic carbocycles. The number of nitrogens with one attached hydrogen (secondary N) is 2. The number of anilines is 1. The number of methoxy groups -OCH3 is 2. The number of hydrogen-bond acceptors (Lipinski definition) is 7. The normalized spacial score (nSPS) is 10.3. The van der Waals surface area contributed by atoms with E-state index in [0.29, 0.717) is 34.5 Å². The molecule has 8 nitrogen and oxygen atoms in total. The van der Waals surface area contributed by atoms with Crippen molar-refractivity contribution in [2.24, 2.45) is 0 Å². The van der Waals surface area contributed by atoms with E-state index in [9.17, 15) is 10.1 Å². The molecule has 0 aliphatic heterocycles. The van der Waals surface area contributed by atoms with Crippen LogP contribution in [0, 0.1) is 10.1 Å².